The highest BCUT2D eigenvalue weighted by Crippen LogP contribution is 2.30. The number of carbonyl (C=O) groups excluding carboxylic acids is 1. The van der Waals surface area contributed by atoms with Gasteiger partial charge in [0.25, 0.3) is 0 Å². The molecule has 31 heavy (non-hydrogen) atoms. The average Bonchev–Trinajstić information content (AvgIpc) is 2.76. The third kappa shape index (κ3) is 5.33. The van der Waals surface area contributed by atoms with Gasteiger partial charge in [-0.1, -0.05) is 31.5 Å². The SMILES string of the molecule is CCC(C)c1nc(C)c(Cc2c(F)cccc2Cl)c(N2CCN(C(=O)COC)CC2)n1. The van der Waals surface area contributed by atoms with Crippen LogP contribution in [-0.2, 0) is 16.0 Å². The van der Waals surface area contributed by atoms with E-state index in [1.807, 2.05) is 6.92 Å². The molecule has 0 saturated carbocycles. The lowest BCUT2D eigenvalue weighted by Crippen LogP contribution is -2.50. The van der Waals surface area contributed by atoms with Crippen molar-refractivity contribution < 1.29 is 13.9 Å². The maximum Gasteiger partial charge on any atom is 0.248 e. The first kappa shape index (κ1) is 23.4. The monoisotopic (exact) mass is 448 g/mol. The van der Waals surface area contributed by atoms with Crippen molar-refractivity contribution in [2.45, 2.75) is 39.5 Å². The summed E-state index contributed by atoms with van der Waals surface area (Å²) in [6, 6.07) is 4.72. The van der Waals surface area contributed by atoms with E-state index in [9.17, 15) is 9.18 Å². The van der Waals surface area contributed by atoms with Crippen LogP contribution in [0.1, 0.15) is 48.8 Å². The van der Waals surface area contributed by atoms with Gasteiger partial charge in [0.05, 0.1) is 0 Å². The topological polar surface area (TPSA) is 58.6 Å². The number of halogens is 2. The van der Waals surface area contributed by atoms with Gasteiger partial charge in [-0.25, -0.2) is 14.4 Å². The van der Waals surface area contributed by atoms with Crippen molar-refractivity contribution in [3.8, 4) is 0 Å². The van der Waals surface area contributed by atoms with Gasteiger partial charge in [-0.15, -0.1) is 0 Å². The Hall–Kier alpha value is -2.25. The molecular weight excluding hydrogens is 419 g/mol. The number of hydrogen-bond donors (Lipinski definition) is 0. The van der Waals surface area contributed by atoms with Crippen LogP contribution >= 0.6 is 11.6 Å². The van der Waals surface area contributed by atoms with E-state index in [0.29, 0.717) is 43.2 Å². The third-order valence-electron chi connectivity index (χ3n) is 5.88. The van der Waals surface area contributed by atoms with Gasteiger partial charge in [0, 0.05) is 67.5 Å². The molecule has 1 aromatic heterocycles. The van der Waals surface area contributed by atoms with Crippen LogP contribution in [0.25, 0.3) is 0 Å². The molecule has 3 rings (SSSR count). The van der Waals surface area contributed by atoms with Gasteiger partial charge in [-0.3, -0.25) is 4.79 Å². The summed E-state index contributed by atoms with van der Waals surface area (Å²) in [7, 11) is 1.52. The van der Waals surface area contributed by atoms with E-state index in [2.05, 4.69) is 18.7 Å². The van der Waals surface area contributed by atoms with E-state index in [4.69, 9.17) is 26.3 Å². The van der Waals surface area contributed by atoms with Gasteiger partial charge in [0.15, 0.2) is 0 Å². The smallest absolute Gasteiger partial charge is 0.248 e. The molecule has 0 N–H and O–H groups in total. The summed E-state index contributed by atoms with van der Waals surface area (Å²) in [4.78, 5) is 25.8. The van der Waals surface area contributed by atoms with Crippen molar-refractivity contribution in [1.82, 2.24) is 14.9 Å². The number of ether oxygens (including phenoxy) is 1. The summed E-state index contributed by atoms with van der Waals surface area (Å²) in [5.41, 5.74) is 2.15. The molecule has 1 unspecified atom stereocenters. The molecular formula is C23H30ClFN4O2. The van der Waals surface area contributed by atoms with E-state index in [1.165, 1.54) is 13.2 Å². The van der Waals surface area contributed by atoms with Crippen molar-refractivity contribution in [3.05, 3.63) is 51.7 Å². The highest BCUT2D eigenvalue weighted by Gasteiger charge is 2.26. The Kier molecular flexibility index (Phi) is 7.84. The molecule has 0 radical (unpaired) electrons. The van der Waals surface area contributed by atoms with E-state index < -0.39 is 0 Å². The number of rotatable bonds is 7. The Labute approximate surface area is 188 Å². The van der Waals surface area contributed by atoms with Crippen molar-refractivity contribution in [1.29, 1.82) is 0 Å². The van der Waals surface area contributed by atoms with Crippen LogP contribution in [0.4, 0.5) is 10.2 Å². The molecule has 0 aliphatic carbocycles. The number of carbonyl (C=O) groups is 1. The first-order valence-corrected chi connectivity index (χ1v) is 11.0. The quantitative estimate of drug-likeness (QED) is 0.641. The molecule has 0 spiro atoms. The highest BCUT2D eigenvalue weighted by molar-refractivity contribution is 6.31. The molecule has 8 heteroatoms. The fourth-order valence-electron chi connectivity index (χ4n) is 3.73. The van der Waals surface area contributed by atoms with Gasteiger partial charge in [0.2, 0.25) is 5.91 Å². The molecule has 168 valence electrons. The van der Waals surface area contributed by atoms with Crippen molar-refractivity contribution in [2.75, 3.05) is 44.8 Å². The second kappa shape index (κ2) is 10.4. The van der Waals surface area contributed by atoms with Crippen LogP contribution in [-0.4, -0.2) is 60.7 Å². The average molecular weight is 449 g/mol. The molecule has 1 fully saturated rings. The molecule has 1 atom stereocenters. The molecule has 2 aromatic rings. The fourth-order valence-corrected chi connectivity index (χ4v) is 3.96. The summed E-state index contributed by atoms with van der Waals surface area (Å²) < 4.78 is 19.5. The number of amides is 1. The number of nitrogens with zero attached hydrogens (tertiary/aromatic N) is 4. The van der Waals surface area contributed by atoms with Gasteiger partial charge in [0.1, 0.15) is 24.1 Å². The zero-order valence-corrected chi connectivity index (χ0v) is 19.4. The Morgan fingerprint density at radius 1 is 1.23 bits per heavy atom. The lowest BCUT2D eigenvalue weighted by Gasteiger charge is -2.36. The fraction of sp³-hybridized carbons (Fsp3) is 0.522. The number of piperazine rings is 1. The van der Waals surface area contributed by atoms with Crippen molar-refractivity contribution in [2.24, 2.45) is 0 Å². The van der Waals surface area contributed by atoms with Crippen molar-refractivity contribution >= 4 is 23.3 Å². The predicted molar refractivity (Wildman–Crippen MR) is 120 cm³/mol. The number of hydrogen-bond acceptors (Lipinski definition) is 5. The number of benzene rings is 1. The predicted octanol–water partition coefficient (Wildman–Crippen LogP) is 3.98. The summed E-state index contributed by atoms with van der Waals surface area (Å²) >= 11 is 6.31. The van der Waals surface area contributed by atoms with Gasteiger partial charge >= 0.3 is 0 Å². The molecule has 1 amide bonds. The van der Waals surface area contributed by atoms with Crippen LogP contribution in [0, 0.1) is 12.7 Å². The lowest BCUT2D eigenvalue weighted by atomic mass is 10.0. The van der Waals surface area contributed by atoms with Gasteiger partial charge < -0.3 is 14.5 Å². The minimum Gasteiger partial charge on any atom is -0.375 e. The van der Waals surface area contributed by atoms with E-state index in [-0.39, 0.29) is 24.2 Å². The molecule has 6 nitrogen and oxygen atoms in total. The maximum atomic E-state index is 14.5. The standard InChI is InChI=1S/C23H30ClFN4O2/c1-5-15(2)22-26-16(3)17(13-18-19(24)7-6-8-20(18)25)23(27-22)29-11-9-28(10-12-29)21(30)14-31-4/h6-8,15H,5,9-14H2,1-4H3. The summed E-state index contributed by atoms with van der Waals surface area (Å²) in [5.74, 6) is 1.46. The number of methoxy groups -OCH3 is 1. The number of aromatic nitrogens is 2. The molecule has 2 heterocycles. The molecule has 1 saturated heterocycles. The second-order valence-electron chi connectivity index (χ2n) is 7.96. The molecule has 1 aromatic carbocycles. The van der Waals surface area contributed by atoms with Gasteiger partial charge in [-0.05, 0) is 25.5 Å². The molecule has 1 aliphatic heterocycles. The zero-order valence-electron chi connectivity index (χ0n) is 18.6. The zero-order chi connectivity index (χ0) is 22.5. The number of aryl methyl sites for hydroxylation is 1. The van der Waals surface area contributed by atoms with Gasteiger partial charge in [-0.2, -0.15) is 0 Å². The Morgan fingerprint density at radius 2 is 1.94 bits per heavy atom. The van der Waals surface area contributed by atoms with E-state index >= 15 is 0 Å². The van der Waals surface area contributed by atoms with Crippen LogP contribution in [0.15, 0.2) is 18.2 Å². The number of anilines is 1. The van der Waals surface area contributed by atoms with E-state index in [1.54, 1.807) is 17.0 Å². The van der Waals surface area contributed by atoms with Crippen molar-refractivity contribution in [3.63, 3.8) is 0 Å². The Morgan fingerprint density at radius 3 is 2.55 bits per heavy atom. The first-order chi connectivity index (χ1) is 14.8. The largest absolute Gasteiger partial charge is 0.375 e. The van der Waals surface area contributed by atoms with E-state index in [0.717, 1.165) is 29.3 Å². The van der Waals surface area contributed by atoms with Crippen LogP contribution < -0.4 is 4.90 Å². The second-order valence-corrected chi connectivity index (χ2v) is 8.36. The summed E-state index contributed by atoms with van der Waals surface area (Å²) in [6.45, 7) is 8.70. The summed E-state index contributed by atoms with van der Waals surface area (Å²) in [5, 5.41) is 0.395. The minimum atomic E-state index is -0.334. The third-order valence-corrected chi connectivity index (χ3v) is 6.23. The molecule has 1 aliphatic rings. The lowest BCUT2D eigenvalue weighted by molar-refractivity contribution is -0.135. The molecule has 0 bridgehead atoms. The van der Waals surface area contributed by atoms with Crippen LogP contribution in [0.2, 0.25) is 5.02 Å². The normalized spacial score (nSPS) is 15.3. The first-order valence-electron chi connectivity index (χ1n) is 10.7. The highest BCUT2D eigenvalue weighted by atomic mass is 35.5. The Bertz CT molecular complexity index is 912. The minimum absolute atomic E-state index is 0.0142. The summed E-state index contributed by atoms with van der Waals surface area (Å²) in [6.07, 6.45) is 1.24. The van der Waals surface area contributed by atoms with Crippen LogP contribution in [0.5, 0.6) is 0 Å². The Balaban J connectivity index is 1.95. The maximum absolute atomic E-state index is 14.5. The van der Waals surface area contributed by atoms with Crippen LogP contribution in [0.3, 0.4) is 0 Å².